The van der Waals surface area contributed by atoms with Gasteiger partial charge in [0, 0.05) is 6.54 Å². The Balaban J connectivity index is 2.23. The number of amides is 1. The first kappa shape index (κ1) is 22.0. The van der Waals surface area contributed by atoms with Crippen LogP contribution >= 0.6 is 0 Å². The molecule has 5 nitrogen and oxygen atoms in total. The van der Waals surface area contributed by atoms with Crippen LogP contribution in [0.4, 0.5) is 5.69 Å². The summed E-state index contributed by atoms with van der Waals surface area (Å²) in [6.07, 6.45) is 1.52. The van der Waals surface area contributed by atoms with Crippen LogP contribution in [0.5, 0.6) is 0 Å². The molecule has 0 bridgehead atoms. The fourth-order valence-electron chi connectivity index (χ4n) is 3.19. The van der Waals surface area contributed by atoms with Crippen molar-refractivity contribution in [1.82, 2.24) is 5.32 Å². The molecule has 1 N–H and O–H groups in total. The molecule has 2 rings (SSSR count). The van der Waals surface area contributed by atoms with Crippen molar-refractivity contribution in [2.45, 2.75) is 46.1 Å². The number of anilines is 1. The van der Waals surface area contributed by atoms with E-state index < -0.39 is 16.1 Å². The molecule has 0 radical (unpaired) electrons. The monoisotopic (exact) mass is 402 g/mol. The summed E-state index contributed by atoms with van der Waals surface area (Å²) in [5, 5.41) is 2.94. The van der Waals surface area contributed by atoms with E-state index in [1.165, 1.54) is 4.31 Å². The topological polar surface area (TPSA) is 66.5 Å². The zero-order valence-electron chi connectivity index (χ0n) is 17.3. The van der Waals surface area contributed by atoms with Crippen molar-refractivity contribution in [1.29, 1.82) is 0 Å². The number of aryl methyl sites for hydroxylation is 2. The molecule has 0 aliphatic heterocycles. The first-order chi connectivity index (χ1) is 13.1. The molecule has 1 amide bonds. The van der Waals surface area contributed by atoms with E-state index >= 15 is 0 Å². The van der Waals surface area contributed by atoms with Crippen molar-refractivity contribution in [2.24, 2.45) is 0 Å². The molecular formula is C22H30N2O3S. The first-order valence-corrected chi connectivity index (χ1v) is 11.4. The number of hydrogen-bond donors (Lipinski definition) is 1. The molecule has 0 aliphatic carbocycles. The number of hydrogen-bond acceptors (Lipinski definition) is 3. The average molecular weight is 403 g/mol. The van der Waals surface area contributed by atoms with Gasteiger partial charge in [0.1, 0.15) is 6.04 Å². The molecule has 0 aromatic heterocycles. The Morgan fingerprint density at radius 3 is 2.25 bits per heavy atom. The van der Waals surface area contributed by atoms with Crippen LogP contribution in [-0.2, 0) is 14.8 Å². The second-order valence-electron chi connectivity index (χ2n) is 7.31. The number of carbonyl (C=O) groups is 1. The molecule has 2 aromatic rings. The van der Waals surface area contributed by atoms with Crippen LogP contribution in [-0.4, -0.2) is 33.2 Å². The summed E-state index contributed by atoms with van der Waals surface area (Å²) < 4.78 is 26.3. The van der Waals surface area contributed by atoms with Crippen LogP contribution in [0.25, 0.3) is 0 Å². The van der Waals surface area contributed by atoms with E-state index in [9.17, 15) is 13.2 Å². The molecular weight excluding hydrogens is 372 g/mol. The molecule has 0 aliphatic rings. The number of nitrogens with zero attached hydrogens (tertiary/aromatic N) is 1. The summed E-state index contributed by atoms with van der Waals surface area (Å²) in [5.74, 6) is -0.148. The third kappa shape index (κ3) is 5.35. The van der Waals surface area contributed by atoms with Crippen molar-refractivity contribution >= 4 is 21.6 Å². The highest BCUT2D eigenvalue weighted by atomic mass is 32.2. The second-order valence-corrected chi connectivity index (χ2v) is 9.17. The second kappa shape index (κ2) is 9.24. The van der Waals surface area contributed by atoms with Crippen LogP contribution < -0.4 is 9.62 Å². The Bertz CT molecular complexity index is 911. The maximum Gasteiger partial charge on any atom is 0.243 e. The highest BCUT2D eigenvalue weighted by Crippen LogP contribution is 2.25. The third-order valence-electron chi connectivity index (χ3n) is 5.03. The molecule has 28 heavy (non-hydrogen) atoms. The van der Waals surface area contributed by atoms with E-state index in [1.54, 1.807) is 6.07 Å². The van der Waals surface area contributed by atoms with Gasteiger partial charge in [-0.25, -0.2) is 8.42 Å². The minimum absolute atomic E-state index is 0.135. The van der Waals surface area contributed by atoms with Crippen molar-refractivity contribution in [2.75, 3.05) is 17.1 Å². The number of rotatable bonds is 8. The number of sulfonamides is 1. The predicted octanol–water partition coefficient (Wildman–Crippen LogP) is 3.77. The van der Waals surface area contributed by atoms with Gasteiger partial charge in [-0.05, 0) is 55.0 Å². The Kier molecular flexibility index (Phi) is 7.24. The first-order valence-electron chi connectivity index (χ1n) is 9.54. The standard InChI is InChI=1S/C22H30N2O3S/c1-6-21(22(25)23-15-18(4)19-10-8-7-9-11-19)24(28(5,26)27)20-13-12-16(2)17(3)14-20/h7-14,18,21H,6,15H2,1-5H3,(H,23,25)/t18-,21-/m1/s1. The number of carbonyl (C=O) groups excluding carboxylic acids is 1. The molecule has 2 aromatic carbocycles. The van der Waals surface area contributed by atoms with Gasteiger partial charge in [-0.1, -0.05) is 50.2 Å². The lowest BCUT2D eigenvalue weighted by Crippen LogP contribution is -2.49. The van der Waals surface area contributed by atoms with Gasteiger partial charge in [0.2, 0.25) is 15.9 Å². The molecule has 0 spiro atoms. The van der Waals surface area contributed by atoms with E-state index in [1.807, 2.05) is 70.2 Å². The quantitative estimate of drug-likeness (QED) is 0.731. The van der Waals surface area contributed by atoms with Crippen LogP contribution in [0.1, 0.15) is 42.9 Å². The molecule has 0 fully saturated rings. The zero-order chi connectivity index (χ0) is 20.9. The summed E-state index contributed by atoms with van der Waals surface area (Å²) in [6, 6.07) is 14.6. The van der Waals surface area contributed by atoms with E-state index in [4.69, 9.17) is 0 Å². The van der Waals surface area contributed by atoms with Gasteiger partial charge in [-0.15, -0.1) is 0 Å². The summed E-state index contributed by atoms with van der Waals surface area (Å²) in [6.45, 7) is 8.21. The lowest BCUT2D eigenvalue weighted by molar-refractivity contribution is -0.122. The molecule has 2 atom stereocenters. The molecule has 0 heterocycles. The minimum Gasteiger partial charge on any atom is -0.354 e. The summed E-state index contributed by atoms with van der Waals surface area (Å²) in [7, 11) is -3.62. The van der Waals surface area contributed by atoms with Crippen LogP contribution in [0, 0.1) is 13.8 Å². The van der Waals surface area contributed by atoms with Gasteiger partial charge >= 0.3 is 0 Å². The van der Waals surface area contributed by atoms with Gasteiger partial charge < -0.3 is 5.32 Å². The van der Waals surface area contributed by atoms with Gasteiger partial charge in [0.05, 0.1) is 11.9 Å². The molecule has 0 unspecified atom stereocenters. The van der Waals surface area contributed by atoms with Gasteiger partial charge in [0.15, 0.2) is 0 Å². The Morgan fingerprint density at radius 2 is 1.71 bits per heavy atom. The fraction of sp³-hybridized carbons (Fsp3) is 0.409. The number of benzene rings is 2. The Labute approximate surface area is 168 Å². The van der Waals surface area contributed by atoms with E-state index in [-0.39, 0.29) is 11.8 Å². The Hall–Kier alpha value is -2.34. The number of nitrogens with one attached hydrogen (secondary N) is 1. The fourth-order valence-corrected chi connectivity index (χ4v) is 4.40. The van der Waals surface area contributed by atoms with Crippen LogP contribution in [0.2, 0.25) is 0 Å². The largest absolute Gasteiger partial charge is 0.354 e. The predicted molar refractivity (Wildman–Crippen MR) is 115 cm³/mol. The van der Waals surface area contributed by atoms with Crippen LogP contribution in [0.15, 0.2) is 48.5 Å². The normalized spacial score (nSPS) is 13.6. The average Bonchev–Trinajstić information content (AvgIpc) is 2.66. The lowest BCUT2D eigenvalue weighted by atomic mass is 10.0. The summed E-state index contributed by atoms with van der Waals surface area (Å²) >= 11 is 0. The van der Waals surface area contributed by atoms with E-state index in [0.717, 1.165) is 22.9 Å². The smallest absolute Gasteiger partial charge is 0.243 e. The van der Waals surface area contributed by atoms with Crippen LogP contribution in [0.3, 0.4) is 0 Å². The van der Waals surface area contributed by atoms with Gasteiger partial charge in [0.25, 0.3) is 0 Å². The maximum absolute atomic E-state index is 12.9. The molecule has 0 saturated heterocycles. The van der Waals surface area contributed by atoms with E-state index in [0.29, 0.717) is 18.7 Å². The highest BCUT2D eigenvalue weighted by molar-refractivity contribution is 7.92. The van der Waals surface area contributed by atoms with Crippen molar-refractivity contribution < 1.29 is 13.2 Å². The maximum atomic E-state index is 12.9. The zero-order valence-corrected chi connectivity index (χ0v) is 18.1. The van der Waals surface area contributed by atoms with Crippen molar-refractivity contribution in [3.05, 3.63) is 65.2 Å². The third-order valence-corrected chi connectivity index (χ3v) is 6.21. The Morgan fingerprint density at radius 1 is 1.07 bits per heavy atom. The van der Waals surface area contributed by atoms with Crippen molar-refractivity contribution in [3.8, 4) is 0 Å². The summed E-state index contributed by atoms with van der Waals surface area (Å²) in [4.78, 5) is 12.9. The lowest BCUT2D eigenvalue weighted by Gasteiger charge is -2.31. The van der Waals surface area contributed by atoms with Gasteiger partial charge in [-0.2, -0.15) is 0 Å². The molecule has 152 valence electrons. The van der Waals surface area contributed by atoms with Gasteiger partial charge in [-0.3, -0.25) is 9.10 Å². The molecule has 0 saturated carbocycles. The van der Waals surface area contributed by atoms with E-state index in [2.05, 4.69) is 5.32 Å². The molecule has 6 heteroatoms. The van der Waals surface area contributed by atoms with Crippen molar-refractivity contribution in [3.63, 3.8) is 0 Å². The minimum atomic E-state index is -3.62. The summed E-state index contributed by atoms with van der Waals surface area (Å²) in [5.41, 5.74) is 3.71. The highest BCUT2D eigenvalue weighted by Gasteiger charge is 2.31. The SMILES string of the molecule is CC[C@H](C(=O)NC[C@@H](C)c1ccccc1)N(c1ccc(C)c(C)c1)S(C)(=O)=O.